The molecule has 2 atom stereocenters. The van der Waals surface area contributed by atoms with Crippen LogP contribution in [0.3, 0.4) is 0 Å². The molecule has 0 spiro atoms. The van der Waals surface area contributed by atoms with Crippen molar-refractivity contribution in [2.75, 3.05) is 45.9 Å². The van der Waals surface area contributed by atoms with Gasteiger partial charge >= 0.3 is 6.03 Å². The average Bonchev–Trinajstić information content (AvgIpc) is 2.98. The van der Waals surface area contributed by atoms with Gasteiger partial charge in [0.05, 0.1) is 12.2 Å². The van der Waals surface area contributed by atoms with Gasteiger partial charge in [0, 0.05) is 45.9 Å². The smallest absolute Gasteiger partial charge is 0.317 e. The second-order valence-corrected chi connectivity index (χ2v) is 5.67. The molecule has 0 aromatic carbocycles. The number of nitrogens with one attached hydrogen (secondary N) is 1. The zero-order valence-electron chi connectivity index (χ0n) is 12.4. The van der Waals surface area contributed by atoms with Crippen molar-refractivity contribution in [2.45, 2.75) is 38.4 Å². The van der Waals surface area contributed by atoms with Crippen molar-refractivity contribution < 1.29 is 14.6 Å². The summed E-state index contributed by atoms with van der Waals surface area (Å²) in [5, 5.41) is 12.6. The third-order valence-corrected chi connectivity index (χ3v) is 4.10. The Hall–Kier alpha value is -0.850. The number of hydrogen-bond acceptors (Lipinski definition) is 4. The lowest BCUT2D eigenvalue weighted by Gasteiger charge is -2.35. The average molecular weight is 285 g/mol. The quantitative estimate of drug-likeness (QED) is 0.761. The molecular formula is C14H27N3O3. The number of ether oxygens (including phenoxy) is 1. The minimum Gasteiger partial charge on any atom is -0.392 e. The fraction of sp³-hybridized carbons (Fsp3) is 0.929. The number of carbonyl (C=O) groups excluding carboxylic acids is 1. The monoisotopic (exact) mass is 285 g/mol. The number of β-amino-alcohol motifs (C(OH)–C–C–N with tert-alkyl or cyclic N) is 1. The predicted octanol–water partition coefficient (Wildman–Crippen LogP) is 0.264. The van der Waals surface area contributed by atoms with Gasteiger partial charge in [0.1, 0.15) is 0 Å². The lowest BCUT2D eigenvalue weighted by Crippen LogP contribution is -2.53. The van der Waals surface area contributed by atoms with E-state index in [9.17, 15) is 9.90 Å². The molecule has 0 aromatic rings. The van der Waals surface area contributed by atoms with Crippen LogP contribution in [-0.2, 0) is 4.74 Å². The van der Waals surface area contributed by atoms with Crippen LogP contribution >= 0.6 is 0 Å². The number of urea groups is 1. The molecule has 116 valence electrons. The molecular weight excluding hydrogens is 258 g/mol. The summed E-state index contributed by atoms with van der Waals surface area (Å²) >= 11 is 0. The van der Waals surface area contributed by atoms with Crippen molar-refractivity contribution in [1.29, 1.82) is 0 Å². The lowest BCUT2D eigenvalue weighted by molar-refractivity contribution is 0.0767. The van der Waals surface area contributed by atoms with Crippen LogP contribution in [0.2, 0.25) is 0 Å². The molecule has 0 aliphatic carbocycles. The van der Waals surface area contributed by atoms with Crippen molar-refractivity contribution in [1.82, 2.24) is 15.1 Å². The van der Waals surface area contributed by atoms with Crippen LogP contribution in [-0.4, -0.2) is 79.0 Å². The van der Waals surface area contributed by atoms with Crippen molar-refractivity contribution >= 4 is 6.03 Å². The Morgan fingerprint density at radius 2 is 2.15 bits per heavy atom. The van der Waals surface area contributed by atoms with E-state index in [1.54, 1.807) is 0 Å². The van der Waals surface area contributed by atoms with Gasteiger partial charge in [-0.2, -0.15) is 0 Å². The zero-order chi connectivity index (χ0) is 14.4. The number of amides is 2. The molecule has 0 radical (unpaired) electrons. The van der Waals surface area contributed by atoms with Gasteiger partial charge in [0.15, 0.2) is 0 Å². The molecule has 2 aliphatic heterocycles. The van der Waals surface area contributed by atoms with E-state index in [-0.39, 0.29) is 18.2 Å². The third-order valence-electron chi connectivity index (χ3n) is 4.10. The Bertz CT molecular complexity index is 300. The first-order valence-corrected chi connectivity index (χ1v) is 7.74. The fourth-order valence-corrected chi connectivity index (χ4v) is 2.68. The van der Waals surface area contributed by atoms with E-state index in [4.69, 9.17) is 4.74 Å². The molecule has 2 N–H and O–H groups in total. The number of aliphatic hydroxyl groups excluding tert-OH is 1. The standard InChI is InChI=1S/C14H27N3O3/c1-2-12(18)11-16-5-7-17(8-6-16)14(19)15-10-13-4-3-9-20-13/h12-13,18H,2-11H2,1H3,(H,15,19)/t12-,13+/m0/s1. The zero-order valence-corrected chi connectivity index (χ0v) is 12.4. The van der Waals surface area contributed by atoms with E-state index in [0.29, 0.717) is 13.1 Å². The van der Waals surface area contributed by atoms with Crippen LogP contribution in [0.4, 0.5) is 4.79 Å². The topological polar surface area (TPSA) is 65.0 Å². The highest BCUT2D eigenvalue weighted by Gasteiger charge is 2.23. The molecule has 20 heavy (non-hydrogen) atoms. The Labute approximate surface area is 121 Å². The first-order chi connectivity index (χ1) is 9.69. The molecule has 0 bridgehead atoms. The van der Waals surface area contributed by atoms with Crippen LogP contribution in [0.5, 0.6) is 0 Å². The highest BCUT2D eigenvalue weighted by Crippen LogP contribution is 2.11. The van der Waals surface area contributed by atoms with Gasteiger partial charge in [-0.05, 0) is 19.3 Å². The SMILES string of the molecule is CC[C@H](O)CN1CCN(C(=O)NC[C@H]2CCCO2)CC1. The number of rotatable bonds is 5. The van der Waals surface area contributed by atoms with E-state index in [1.807, 2.05) is 11.8 Å². The number of aliphatic hydroxyl groups is 1. The highest BCUT2D eigenvalue weighted by molar-refractivity contribution is 5.74. The summed E-state index contributed by atoms with van der Waals surface area (Å²) in [7, 11) is 0. The summed E-state index contributed by atoms with van der Waals surface area (Å²) in [6.45, 7) is 7.27. The maximum atomic E-state index is 12.0. The molecule has 2 fully saturated rings. The van der Waals surface area contributed by atoms with Crippen LogP contribution in [0.15, 0.2) is 0 Å². The maximum absolute atomic E-state index is 12.0. The normalized spacial score (nSPS) is 25.7. The van der Waals surface area contributed by atoms with Gasteiger partial charge in [0.2, 0.25) is 0 Å². The largest absolute Gasteiger partial charge is 0.392 e. The van der Waals surface area contributed by atoms with Gasteiger partial charge in [-0.3, -0.25) is 4.90 Å². The van der Waals surface area contributed by atoms with E-state index < -0.39 is 0 Å². The molecule has 2 aliphatic rings. The van der Waals surface area contributed by atoms with Gasteiger partial charge in [0.25, 0.3) is 0 Å². The summed E-state index contributed by atoms with van der Waals surface area (Å²) in [5.74, 6) is 0. The third kappa shape index (κ3) is 4.61. The molecule has 0 aromatic heterocycles. The van der Waals surface area contributed by atoms with Gasteiger partial charge in [-0.1, -0.05) is 6.92 Å². The maximum Gasteiger partial charge on any atom is 0.317 e. The van der Waals surface area contributed by atoms with Crippen LogP contribution in [0.25, 0.3) is 0 Å². The highest BCUT2D eigenvalue weighted by atomic mass is 16.5. The van der Waals surface area contributed by atoms with E-state index in [2.05, 4.69) is 10.2 Å². The van der Waals surface area contributed by atoms with Gasteiger partial charge in [-0.15, -0.1) is 0 Å². The first-order valence-electron chi connectivity index (χ1n) is 7.74. The van der Waals surface area contributed by atoms with Crippen molar-refractivity contribution in [2.24, 2.45) is 0 Å². The van der Waals surface area contributed by atoms with Gasteiger partial charge in [-0.25, -0.2) is 4.79 Å². The van der Waals surface area contributed by atoms with Crippen LogP contribution < -0.4 is 5.32 Å². The summed E-state index contributed by atoms with van der Waals surface area (Å²) in [6.07, 6.45) is 2.86. The molecule has 2 heterocycles. The Morgan fingerprint density at radius 1 is 1.40 bits per heavy atom. The second kappa shape index (κ2) is 7.81. The fourth-order valence-electron chi connectivity index (χ4n) is 2.68. The molecule has 0 unspecified atom stereocenters. The Morgan fingerprint density at radius 3 is 2.75 bits per heavy atom. The number of hydrogen-bond donors (Lipinski definition) is 2. The second-order valence-electron chi connectivity index (χ2n) is 5.67. The van der Waals surface area contributed by atoms with Crippen molar-refractivity contribution in [3.63, 3.8) is 0 Å². The summed E-state index contributed by atoms with van der Waals surface area (Å²) in [5.41, 5.74) is 0. The molecule has 2 saturated heterocycles. The number of carbonyl (C=O) groups is 1. The van der Waals surface area contributed by atoms with Crippen molar-refractivity contribution in [3.8, 4) is 0 Å². The minimum absolute atomic E-state index is 0.0104. The van der Waals surface area contributed by atoms with Crippen molar-refractivity contribution in [3.05, 3.63) is 0 Å². The molecule has 6 nitrogen and oxygen atoms in total. The van der Waals surface area contributed by atoms with E-state index >= 15 is 0 Å². The predicted molar refractivity (Wildman–Crippen MR) is 76.7 cm³/mol. The minimum atomic E-state index is -0.255. The van der Waals surface area contributed by atoms with Gasteiger partial charge < -0.3 is 20.1 Å². The Kier molecular flexibility index (Phi) is 6.06. The summed E-state index contributed by atoms with van der Waals surface area (Å²) in [4.78, 5) is 16.1. The molecule has 2 rings (SSSR count). The Balaban J connectivity index is 1.63. The van der Waals surface area contributed by atoms with Crippen LogP contribution in [0, 0.1) is 0 Å². The molecule has 2 amide bonds. The van der Waals surface area contributed by atoms with E-state index in [1.165, 1.54) is 0 Å². The molecule has 6 heteroatoms. The molecule has 0 saturated carbocycles. The van der Waals surface area contributed by atoms with E-state index in [0.717, 1.165) is 52.0 Å². The lowest BCUT2D eigenvalue weighted by atomic mass is 10.2. The number of piperazine rings is 1. The number of nitrogens with zero attached hydrogens (tertiary/aromatic N) is 2. The van der Waals surface area contributed by atoms with Crippen LogP contribution in [0.1, 0.15) is 26.2 Å². The first kappa shape index (κ1) is 15.5. The summed E-state index contributed by atoms with van der Waals surface area (Å²) in [6, 6.07) is 0.0104. The summed E-state index contributed by atoms with van der Waals surface area (Å²) < 4.78 is 5.49.